The minimum atomic E-state index is -1.36. The number of carbonyl (C=O) groups is 2. The van der Waals surface area contributed by atoms with Crippen molar-refractivity contribution >= 4 is 11.8 Å². The molecule has 5 nitrogen and oxygen atoms in total. The number of rotatable bonds is 4. The van der Waals surface area contributed by atoms with Crippen molar-refractivity contribution in [3.05, 3.63) is 0 Å². The molecule has 0 aromatic heterocycles. The van der Waals surface area contributed by atoms with Gasteiger partial charge in [0.1, 0.15) is 5.60 Å². The third-order valence-corrected chi connectivity index (χ3v) is 1.34. The maximum atomic E-state index is 11.0. The zero-order valence-corrected chi connectivity index (χ0v) is 8.18. The van der Waals surface area contributed by atoms with E-state index in [1.807, 2.05) is 0 Å². The highest BCUT2D eigenvalue weighted by molar-refractivity contribution is 5.83. The van der Waals surface area contributed by atoms with Gasteiger partial charge in [-0.2, -0.15) is 0 Å². The molecule has 0 spiro atoms. The van der Waals surface area contributed by atoms with Gasteiger partial charge in [0.05, 0.1) is 0 Å². The molecular weight excluding hydrogens is 172 g/mol. The largest absolute Gasteiger partial charge is 0.381 e. The van der Waals surface area contributed by atoms with Gasteiger partial charge in [-0.25, -0.2) is 0 Å². The second-order valence-electron chi connectivity index (χ2n) is 3.30. The second-order valence-corrected chi connectivity index (χ2v) is 3.30. The number of aliphatic hydroxyl groups is 1. The third-order valence-electron chi connectivity index (χ3n) is 1.34. The molecule has 13 heavy (non-hydrogen) atoms. The number of carbonyl (C=O) groups excluding carboxylic acids is 2. The van der Waals surface area contributed by atoms with Gasteiger partial charge >= 0.3 is 0 Å². The highest BCUT2D eigenvalue weighted by atomic mass is 16.3. The van der Waals surface area contributed by atoms with E-state index in [4.69, 9.17) is 0 Å². The standard InChI is InChI=1S/C8H16N2O3/c1-6(11)9-4-5-10-7(12)8(2,3)13/h13H,4-5H2,1-3H3,(H,9,11)(H,10,12). The van der Waals surface area contributed by atoms with Crippen molar-refractivity contribution in [1.29, 1.82) is 0 Å². The van der Waals surface area contributed by atoms with E-state index >= 15 is 0 Å². The summed E-state index contributed by atoms with van der Waals surface area (Å²) in [6.45, 7) is 4.90. The lowest BCUT2D eigenvalue weighted by atomic mass is 10.1. The van der Waals surface area contributed by atoms with E-state index < -0.39 is 11.5 Å². The Morgan fingerprint density at radius 2 is 1.69 bits per heavy atom. The predicted molar refractivity (Wildman–Crippen MR) is 48.0 cm³/mol. The minimum Gasteiger partial charge on any atom is -0.381 e. The summed E-state index contributed by atoms with van der Waals surface area (Å²) in [4.78, 5) is 21.4. The number of nitrogens with one attached hydrogen (secondary N) is 2. The van der Waals surface area contributed by atoms with Crippen LogP contribution < -0.4 is 10.6 Å². The summed E-state index contributed by atoms with van der Waals surface area (Å²) < 4.78 is 0. The summed E-state index contributed by atoms with van der Waals surface area (Å²) in [5, 5.41) is 14.2. The average Bonchev–Trinajstić information content (AvgIpc) is 1.95. The fourth-order valence-electron chi connectivity index (χ4n) is 0.631. The normalized spacial score (nSPS) is 10.8. The fourth-order valence-corrected chi connectivity index (χ4v) is 0.631. The molecule has 76 valence electrons. The summed E-state index contributed by atoms with van der Waals surface area (Å²) in [7, 11) is 0. The third kappa shape index (κ3) is 6.10. The zero-order valence-electron chi connectivity index (χ0n) is 8.18. The Bertz CT molecular complexity index is 196. The lowest BCUT2D eigenvalue weighted by Gasteiger charge is -2.16. The molecular formula is C8H16N2O3. The summed E-state index contributed by atoms with van der Waals surface area (Å²) in [6.07, 6.45) is 0. The van der Waals surface area contributed by atoms with Gasteiger partial charge in [-0.05, 0) is 13.8 Å². The summed E-state index contributed by atoms with van der Waals surface area (Å²) in [5.41, 5.74) is -1.36. The van der Waals surface area contributed by atoms with Crippen LogP contribution in [0.25, 0.3) is 0 Å². The van der Waals surface area contributed by atoms with Gasteiger partial charge in [0.25, 0.3) is 5.91 Å². The smallest absolute Gasteiger partial charge is 0.251 e. The lowest BCUT2D eigenvalue weighted by Crippen LogP contribution is -2.44. The molecule has 0 fully saturated rings. The van der Waals surface area contributed by atoms with Gasteiger partial charge in [-0.15, -0.1) is 0 Å². The average molecular weight is 188 g/mol. The van der Waals surface area contributed by atoms with Crippen LogP contribution in [-0.2, 0) is 9.59 Å². The van der Waals surface area contributed by atoms with Crippen molar-refractivity contribution in [2.45, 2.75) is 26.4 Å². The van der Waals surface area contributed by atoms with Crippen LogP contribution in [0, 0.1) is 0 Å². The first kappa shape index (κ1) is 11.9. The van der Waals surface area contributed by atoms with Gasteiger partial charge in [0, 0.05) is 20.0 Å². The van der Waals surface area contributed by atoms with Crippen LogP contribution in [0.15, 0.2) is 0 Å². The Morgan fingerprint density at radius 3 is 2.08 bits per heavy atom. The van der Waals surface area contributed by atoms with Gasteiger partial charge in [-0.3, -0.25) is 9.59 Å². The first-order chi connectivity index (χ1) is 5.84. The van der Waals surface area contributed by atoms with E-state index in [1.165, 1.54) is 20.8 Å². The van der Waals surface area contributed by atoms with Gasteiger partial charge < -0.3 is 15.7 Å². The first-order valence-corrected chi connectivity index (χ1v) is 4.09. The van der Waals surface area contributed by atoms with Gasteiger partial charge in [0.15, 0.2) is 0 Å². The molecule has 0 aliphatic heterocycles. The quantitative estimate of drug-likeness (QED) is 0.496. The Kier molecular flexibility index (Phi) is 4.40. The predicted octanol–water partition coefficient (Wildman–Crippen LogP) is -0.990. The molecule has 0 unspecified atom stereocenters. The monoisotopic (exact) mass is 188 g/mol. The summed E-state index contributed by atoms with van der Waals surface area (Å²) in [5.74, 6) is -0.588. The van der Waals surface area contributed by atoms with Crippen molar-refractivity contribution in [1.82, 2.24) is 10.6 Å². The van der Waals surface area contributed by atoms with E-state index in [1.54, 1.807) is 0 Å². The van der Waals surface area contributed by atoms with Gasteiger partial charge in [-0.1, -0.05) is 0 Å². The second kappa shape index (κ2) is 4.81. The molecule has 0 aliphatic carbocycles. The van der Waals surface area contributed by atoms with Crippen LogP contribution in [0.1, 0.15) is 20.8 Å². The Balaban J connectivity index is 3.55. The van der Waals surface area contributed by atoms with E-state index in [0.717, 1.165) is 0 Å². The molecule has 0 radical (unpaired) electrons. The molecule has 2 amide bonds. The Hall–Kier alpha value is -1.10. The van der Waals surface area contributed by atoms with Crippen molar-refractivity contribution in [3.8, 4) is 0 Å². The van der Waals surface area contributed by atoms with Crippen LogP contribution in [-0.4, -0.2) is 35.6 Å². The highest BCUT2D eigenvalue weighted by Gasteiger charge is 2.22. The molecule has 0 saturated heterocycles. The minimum absolute atomic E-state index is 0.141. The molecule has 0 bridgehead atoms. The maximum Gasteiger partial charge on any atom is 0.251 e. The fraction of sp³-hybridized carbons (Fsp3) is 0.750. The van der Waals surface area contributed by atoms with Gasteiger partial charge in [0.2, 0.25) is 5.91 Å². The van der Waals surface area contributed by atoms with Crippen LogP contribution in [0.2, 0.25) is 0 Å². The van der Waals surface area contributed by atoms with Crippen LogP contribution in [0.3, 0.4) is 0 Å². The lowest BCUT2D eigenvalue weighted by molar-refractivity contribution is -0.136. The van der Waals surface area contributed by atoms with Crippen molar-refractivity contribution in [2.24, 2.45) is 0 Å². The topological polar surface area (TPSA) is 78.4 Å². The molecule has 0 aromatic carbocycles. The number of hydrogen-bond acceptors (Lipinski definition) is 3. The highest BCUT2D eigenvalue weighted by Crippen LogP contribution is 1.98. The molecule has 0 atom stereocenters. The zero-order chi connectivity index (χ0) is 10.5. The molecule has 0 heterocycles. The summed E-state index contributed by atoms with van der Waals surface area (Å²) in [6, 6.07) is 0. The maximum absolute atomic E-state index is 11.0. The summed E-state index contributed by atoms with van der Waals surface area (Å²) >= 11 is 0. The van der Waals surface area contributed by atoms with Crippen LogP contribution >= 0.6 is 0 Å². The van der Waals surface area contributed by atoms with E-state index in [2.05, 4.69) is 10.6 Å². The van der Waals surface area contributed by atoms with Crippen LogP contribution in [0.5, 0.6) is 0 Å². The molecule has 0 aromatic rings. The SMILES string of the molecule is CC(=O)NCCNC(=O)C(C)(C)O. The molecule has 3 N–H and O–H groups in total. The number of hydrogen-bond donors (Lipinski definition) is 3. The first-order valence-electron chi connectivity index (χ1n) is 4.09. The van der Waals surface area contributed by atoms with E-state index in [-0.39, 0.29) is 5.91 Å². The molecule has 5 heteroatoms. The van der Waals surface area contributed by atoms with Crippen molar-refractivity contribution < 1.29 is 14.7 Å². The number of amides is 2. The van der Waals surface area contributed by atoms with Crippen molar-refractivity contribution in [2.75, 3.05) is 13.1 Å². The van der Waals surface area contributed by atoms with Crippen molar-refractivity contribution in [3.63, 3.8) is 0 Å². The Labute approximate surface area is 77.5 Å². The van der Waals surface area contributed by atoms with E-state index in [9.17, 15) is 14.7 Å². The van der Waals surface area contributed by atoms with E-state index in [0.29, 0.717) is 13.1 Å². The molecule has 0 rings (SSSR count). The van der Waals surface area contributed by atoms with Crippen LogP contribution in [0.4, 0.5) is 0 Å². The Morgan fingerprint density at radius 1 is 1.23 bits per heavy atom. The molecule has 0 aliphatic rings. The molecule has 0 saturated carbocycles.